The Morgan fingerprint density at radius 3 is 2.72 bits per heavy atom. The van der Waals surface area contributed by atoms with Crippen LogP contribution in [-0.2, 0) is 15.8 Å². The van der Waals surface area contributed by atoms with Crippen molar-refractivity contribution in [2.75, 3.05) is 6.54 Å². The van der Waals surface area contributed by atoms with E-state index in [0.717, 1.165) is 12.8 Å². The number of rotatable bonds is 6. The molecule has 0 spiro atoms. The van der Waals surface area contributed by atoms with Crippen molar-refractivity contribution in [3.05, 3.63) is 17.5 Å². The highest BCUT2D eigenvalue weighted by molar-refractivity contribution is 7.88. The Labute approximate surface area is 107 Å². The SMILES string of the molecule is Cc1cc(CS(=O)(=O)NC(C)(CN)C2CC2)no1. The lowest BCUT2D eigenvalue weighted by molar-refractivity contribution is 0.372. The van der Waals surface area contributed by atoms with Crippen LogP contribution in [0, 0.1) is 12.8 Å². The molecule has 0 aromatic carbocycles. The zero-order valence-electron chi connectivity index (χ0n) is 10.6. The highest BCUT2D eigenvalue weighted by Gasteiger charge is 2.43. The molecule has 0 radical (unpaired) electrons. The Hall–Kier alpha value is -0.920. The van der Waals surface area contributed by atoms with E-state index in [4.69, 9.17) is 10.3 Å². The second-order valence-electron chi connectivity index (χ2n) is 5.19. The van der Waals surface area contributed by atoms with Gasteiger partial charge in [0.2, 0.25) is 10.0 Å². The van der Waals surface area contributed by atoms with Gasteiger partial charge < -0.3 is 10.3 Å². The van der Waals surface area contributed by atoms with Crippen LogP contribution >= 0.6 is 0 Å². The van der Waals surface area contributed by atoms with E-state index in [1.165, 1.54) is 0 Å². The van der Waals surface area contributed by atoms with Gasteiger partial charge in [-0.15, -0.1) is 0 Å². The van der Waals surface area contributed by atoms with Gasteiger partial charge in [-0.2, -0.15) is 0 Å². The van der Waals surface area contributed by atoms with Crippen molar-refractivity contribution < 1.29 is 12.9 Å². The summed E-state index contributed by atoms with van der Waals surface area (Å²) in [5, 5.41) is 3.69. The molecule has 0 saturated heterocycles. The number of aryl methyl sites for hydroxylation is 1. The Bertz CT molecular complexity index is 521. The van der Waals surface area contributed by atoms with Gasteiger partial charge in [0.25, 0.3) is 0 Å². The van der Waals surface area contributed by atoms with Crippen LogP contribution in [0.1, 0.15) is 31.2 Å². The average Bonchev–Trinajstić information content (AvgIpc) is 3.04. The van der Waals surface area contributed by atoms with E-state index >= 15 is 0 Å². The normalized spacial score (nSPS) is 19.7. The molecule has 1 unspecified atom stereocenters. The highest BCUT2D eigenvalue weighted by atomic mass is 32.2. The summed E-state index contributed by atoms with van der Waals surface area (Å²) < 4.78 is 31.7. The molecule has 1 aliphatic carbocycles. The summed E-state index contributed by atoms with van der Waals surface area (Å²) >= 11 is 0. The number of hydrogen-bond donors (Lipinski definition) is 2. The summed E-state index contributed by atoms with van der Waals surface area (Å²) in [6.45, 7) is 3.88. The lowest BCUT2D eigenvalue weighted by Gasteiger charge is -2.28. The van der Waals surface area contributed by atoms with Crippen LogP contribution < -0.4 is 10.5 Å². The molecule has 1 atom stereocenters. The van der Waals surface area contributed by atoms with Crippen LogP contribution in [-0.4, -0.2) is 25.7 Å². The molecule has 1 aromatic heterocycles. The van der Waals surface area contributed by atoms with Gasteiger partial charge in [-0.3, -0.25) is 0 Å². The van der Waals surface area contributed by atoms with E-state index in [0.29, 0.717) is 23.9 Å². The molecule has 1 saturated carbocycles. The van der Waals surface area contributed by atoms with E-state index in [1.54, 1.807) is 13.0 Å². The van der Waals surface area contributed by atoms with E-state index in [-0.39, 0.29) is 5.75 Å². The minimum absolute atomic E-state index is 0.174. The van der Waals surface area contributed by atoms with Gasteiger partial charge in [-0.05, 0) is 32.6 Å². The number of aromatic nitrogens is 1. The lowest BCUT2D eigenvalue weighted by Crippen LogP contribution is -2.53. The molecule has 1 aromatic rings. The zero-order chi connectivity index (χ0) is 13.4. The largest absolute Gasteiger partial charge is 0.361 e. The van der Waals surface area contributed by atoms with Crippen LogP contribution in [0.25, 0.3) is 0 Å². The number of nitrogens with zero attached hydrogens (tertiary/aromatic N) is 1. The number of nitrogens with one attached hydrogen (secondary N) is 1. The quantitative estimate of drug-likeness (QED) is 0.787. The zero-order valence-corrected chi connectivity index (χ0v) is 11.5. The fourth-order valence-electron chi connectivity index (χ4n) is 2.08. The molecule has 3 N–H and O–H groups in total. The van der Waals surface area contributed by atoms with Crippen molar-refractivity contribution in [3.63, 3.8) is 0 Å². The van der Waals surface area contributed by atoms with Crippen LogP contribution in [0.5, 0.6) is 0 Å². The van der Waals surface area contributed by atoms with Gasteiger partial charge in [0.05, 0.1) is 0 Å². The first-order chi connectivity index (χ1) is 8.35. The molecular weight excluding hydrogens is 254 g/mol. The summed E-state index contributed by atoms with van der Waals surface area (Å²) in [5.41, 5.74) is 5.56. The second kappa shape index (κ2) is 4.64. The first-order valence-corrected chi connectivity index (χ1v) is 7.64. The highest BCUT2D eigenvalue weighted by Crippen LogP contribution is 2.39. The molecule has 6 nitrogen and oxygen atoms in total. The van der Waals surface area contributed by atoms with Crippen molar-refractivity contribution in [2.45, 2.75) is 38.0 Å². The topological polar surface area (TPSA) is 98.2 Å². The summed E-state index contributed by atoms with van der Waals surface area (Å²) in [5.74, 6) is 0.771. The fraction of sp³-hybridized carbons (Fsp3) is 0.727. The molecule has 1 heterocycles. The number of hydrogen-bond acceptors (Lipinski definition) is 5. The first-order valence-electron chi connectivity index (χ1n) is 5.98. The lowest BCUT2D eigenvalue weighted by atomic mass is 9.98. The van der Waals surface area contributed by atoms with E-state index in [9.17, 15) is 8.42 Å². The molecule has 2 rings (SSSR count). The molecule has 1 fully saturated rings. The number of nitrogens with two attached hydrogens (primary N) is 1. The minimum Gasteiger partial charge on any atom is -0.361 e. The third-order valence-electron chi connectivity index (χ3n) is 3.31. The maximum atomic E-state index is 12.1. The van der Waals surface area contributed by atoms with Crippen molar-refractivity contribution in [1.29, 1.82) is 0 Å². The fourth-order valence-corrected chi connectivity index (χ4v) is 3.64. The van der Waals surface area contributed by atoms with Gasteiger partial charge in [0.1, 0.15) is 17.2 Å². The van der Waals surface area contributed by atoms with Gasteiger partial charge in [-0.1, -0.05) is 5.16 Å². The van der Waals surface area contributed by atoms with Gasteiger partial charge in [-0.25, -0.2) is 13.1 Å². The number of sulfonamides is 1. The summed E-state index contributed by atoms with van der Waals surface area (Å²) in [6, 6.07) is 1.62. The molecule has 0 aliphatic heterocycles. The van der Waals surface area contributed by atoms with E-state index < -0.39 is 15.6 Å². The Balaban J connectivity index is 2.07. The van der Waals surface area contributed by atoms with Gasteiger partial charge in [0.15, 0.2) is 0 Å². The van der Waals surface area contributed by atoms with Crippen molar-refractivity contribution in [3.8, 4) is 0 Å². The first kappa shape index (κ1) is 13.5. The van der Waals surface area contributed by atoms with Crippen molar-refractivity contribution in [1.82, 2.24) is 9.88 Å². The maximum absolute atomic E-state index is 12.1. The van der Waals surface area contributed by atoms with Crippen LogP contribution in [0.15, 0.2) is 10.6 Å². The molecule has 18 heavy (non-hydrogen) atoms. The second-order valence-corrected chi connectivity index (χ2v) is 6.91. The smallest absolute Gasteiger partial charge is 0.218 e. The third-order valence-corrected chi connectivity index (χ3v) is 4.76. The Morgan fingerprint density at radius 2 is 2.28 bits per heavy atom. The third kappa shape index (κ3) is 3.09. The summed E-state index contributed by atoms with van der Waals surface area (Å²) in [7, 11) is -3.45. The molecule has 0 amide bonds. The Morgan fingerprint density at radius 1 is 1.61 bits per heavy atom. The summed E-state index contributed by atoms with van der Waals surface area (Å²) in [4.78, 5) is 0. The van der Waals surface area contributed by atoms with Gasteiger partial charge >= 0.3 is 0 Å². The molecule has 0 bridgehead atoms. The van der Waals surface area contributed by atoms with Gasteiger partial charge in [0, 0.05) is 18.2 Å². The maximum Gasteiger partial charge on any atom is 0.218 e. The molecule has 1 aliphatic rings. The monoisotopic (exact) mass is 273 g/mol. The van der Waals surface area contributed by atoms with Crippen LogP contribution in [0.3, 0.4) is 0 Å². The summed E-state index contributed by atoms with van der Waals surface area (Å²) in [6.07, 6.45) is 2.05. The van der Waals surface area contributed by atoms with Crippen molar-refractivity contribution in [2.24, 2.45) is 11.7 Å². The average molecular weight is 273 g/mol. The minimum atomic E-state index is -3.45. The van der Waals surface area contributed by atoms with Crippen LogP contribution in [0.4, 0.5) is 0 Å². The van der Waals surface area contributed by atoms with Crippen molar-refractivity contribution >= 4 is 10.0 Å². The standard InChI is InChI=1S/C11H19N3O3S/c1-8-5-10(13-17-8)6-18(15,16)14-11(2,7-12)9-3-4-9/h5,9,14H,3-4,6-7,12H2,1-2H3. The molecular formula is C11H19N3O3S. The van der Waals surface area contributed by atoms with Crippen LogP contribution in [0.2, 0.25) is 0 Å². The predicted molar refractivity (Wildman–Crippen MR) is 67.2 cm³/mol. The molecule has 102 valence electrons. The Kier molecular flexibility index (Phi) is 3.48. The van der Waals surface area contributed by atoms with E-state index in [1.807, 2.05) is 6.92 Å². The molecule has 7 heteroatoms. The predicted octanol–water partition coefficient (Wildman–Crippen LogP) is 0.530. The van der Waals surface area contributed by atoms with E-state index in [2.05, 4.69) is 9.88 Å².